The van der Waals surface area contributed by atoms with Gasteiger partial charge >= 0.3 is 0 Å². The van der Waals surface area contributed by atoms with Crippen LogP contribution in [0.1, 0.15) is 48.3 Å². The van der Waals surface area contributed by atoms with Gasteiger partial charge < -0.3 is 20.1 Å². The molecular weight excluding hydrogens is 495 g/mol. The fraction of sp³-hybridized carbons (Fsp3) is 0.250. The van der Waals surface area contributed by atoms with Gasteiger partial charge in [0.2, 0.25) is 0 Å². The van der Waals surface area contributed by atoms with Gasteiger partial charge in [-0.05, 0) is 73.7 Å². The maximum absolute atomic E-state index is 13.9. The minimum Gasteiger partial charge on any atom is -0.493 e. The standard InChI is InChI=1S/C32H31FN2O4/c1-18-5-12-24(13-6-18)35-32(37)29-19(2)34-25-15-22(21-9-14-27(38-3)28(17-21)39-4)16-26(36)31(25)30(29)20-7-10-23(33)11-8-20/h5-14,17,22,30,34H,15-16H2,1-4H3,(H,35,37)/t22-,30+/m0/s1. The number of ketones is 1. The first-order chi connectivity index (χ1) is 18.8. The Morgan fingerprint density at radius 1 is 0.897 bits per heavy atom. The molecule has 39 heavy (non-hydrogen) atoms. The molecule has 0 spiro atoms. The number of ether oxygens (including phenoxy) is 2. The Hall–Kier alpha value is -4.39. The monoisotopic (exact) mass is 526 g/mol. The van der Waals surface area contributed by atoms with Crippen molar-refractivity contribution in [2.45, 2.75) is 38.5 Å². The van der Waals surface area contributed by atoms with Crippen molar-refractivity contribution < 1.29 is 23.5 Å². The SMILES string of the molecule is COc1ccc([C@@H]2CC(=O)C3=C(C2)NC(C)=C(C(=O)Nc2ccc(C)cc2)[C@H]3c2ccc(F)cc2)cc1OC. The Morgan fingerprint density at radius 2 is 1.56 bits per heavy atom. The smallest absolute Gasteiger partial charge is 0.254 e. The van der Waals surface area contributed by atoms with Crippen LogP contribution in [0.2, 0.25) is 0 Å². The Labute approximate surface area is 227 Å². The molecule has 0 aromatic heterocycles. The Kier molecular flexibility index (Phi) is 7.24. The molecule has 0 fully saturated rings. The maximum Gasteiger partial charge on any atom is 0.254 e. The van der Waals surface area contributed by atoms with E-state index in [1.165, 1.54) is 12.1 Å². The van der Waals surface area contributed by atoms with Crippen LogP contribution in [0.3, 0.4) is 0 Å². The second kappa shape index (κ2) is 10.8. The summed E-state index contributed by atoms with van der Waals surface area (Å²) in [6, 6.07) is 19.3. The van der Waals surface area contributed by atoms with E-state index in [1.807, 2.05) is 56.3 Å². The molecular formula is C32H31FN2O4. The summed E-state index contributed by atoms with van der Waals surface area (Å²) < 4.78 is 24.7. The molecule has 1 amide bonds. The number of rotatable bonds is 6. The summed E-state index contributed by atoms with van der Waals surface area (Å²) >= 11 is 0. The lowest BCUT2D eigenvalue weighted by atomic mass is 9.71. The number of carbonyl (C=O) groups excluding carboxylic acids is 2. The van der Waals surface area contributed by atoms with Crippen molar-refractivity contribution in [3.63, 3.8) is 0 Å². The largest absolute Gasteiger partial charge is 0.493 e. The number of methoxy groups -OCH3 is 2. The van der Waals surface area contributed by atoms with E-state index in [1.54, 1.807) is 26.4 Å². The summed E-state index contributed by atoms with van der Waals surface area (Å²) in [6.45, 7) is 3.82. The van der Waals surface area contributed by atoms with Gasteiger partial charge in [0, 0.05) is 40.6 Å². The predicted octanol–water partition coefficient (Wildman–Crippen LogP) is 6.15. The van der Waals surface area contributed by atoms with Gasteiger partial charge in [-0.15, -0.1) is 0 Å². The van der Waals surface area contributed by atoms with Crippen molar-refractivity contribution in [2.24, 2.45) is 0 Å². The van der Waals surface area contributed by atoms with Crippen molar-refractivity contribution in [1.82, 2.24) is 5.32 Å². The zero-order valence-electron chi connectivity index (χ0n) is 22.4. The Balaban J connectivity index is 1.53. The van der Waals surface area contributed by atoms with E-state index in [0.29, 0.717) is 46.0 Å². The molecule has 2 N–H and O–H groups in total. The number of halogens is 1. The van der Waals surface area contributed by atoms with Crippen LogP contribution in [0.25, 0.3) is 0 Å². The number of benzene rings is 3. The van der Waals surface area contributed by atoms with Crippen molar-refractivity contribution in [3.8, 4) is 11.5 Å². The van der Waals surface area contributed by atoms with Gasteiger partial charge in [0.05, 0.1) is 14.2 Å². The number of nitrogens with one attached hydrogen (secondary N) is 2. The third kappa shape index (κ3) is 5.17. The highest BCUT2D eigenvalue weighted by Crippen LogP contribution is 2.46. The summed E-state index contributed by atoms with van der Waals surface area (Å²) in [6.07, 6.45) is 0.859. The van der Waals surface area contributed by atoms with Crippen LogP contribution in [-0.2, 0) is 9.59 Å². The molecule has 2 aliphatic rings. The van der Waals surface area contributed by atoms with Crippen molar-refractivity contribution >= 4 is 17.4 Å². The first-order valence-electron chi connectivity index (χ1n) is 12.9. The summed E-state index contributed by atoms with van der Waals surface area (Å²) in [5.74, 6) is -0.200. The summed E-state index contributed by atoms with van der Waals surface area (Å²) in [5, 5.41) is 6.36. The molecule has 3 aromatic rings. The van der Waals surface area contributed by atoms with Crippen molar-refractivity contribution in [3.05, 3.63) is 112 Å². The van der Waals surface area contributed by atoms with E-state index in [9.17, 15) is 14.0 Å². The van der Waals surface area contributed by atoms with Crippen LogP contribution in [0.15, 0.2) is 89.3 Å². The third-order valence-electron chi connectivity index (χ3n) is 7.46. The molecule has 0 radical (unpaired) electrons. The summed E-state index contributed by atoms with van der Waals surface area (Å²) in [5.41, 5.74) is 5.84. The zero-order chi connectivity index (χ0) is 27.7. The number of aryl methyl sites for hydroxylation is 1. The summed E-state index contributed by atoms with van der Waals surface area (Å²) in [4.78, 5) is 27.5. The number of hydrogen-bond donors (Lipinski definition) is 2. The van der Waals surface area contributed by atoms with Crippen molar-refractivity contribution in [1.29, 1.82) is 0 Å². The molecule has 2 atom stereocenters. The average Bonchev–Trinajstić information content (AvgIpc) is 2.93. The number of dihydropyridines is 1. The topological polar surface area (TPSA) is 76.7 Å². The highest BCUT2D eigenvalue weighted by atomic mass is 19.1. The number of amides is 1. The molecule has 0 bridgehead atoms. The first kappa shape index (κ1) is 26.2. The molecule has 0 saturated carbocycles. The van der Waals surface area contributed by atoms with Gasteiger partial charge in [-0.1, -0.05) is 35.9 Å². The lowest BCUT2D eigenvalue weighted by Crippen LogP contribution is -2.37. The molecule has 3 aromatic carbocycles. The minimum absolute atomic E-state index is 0.0500. The number of hydrogen-bond acceptors (Lipinski definition) is 5. The Morgan fingerprint density at radius 3 is 2.23 bits per heavy atom. The number of anilines is 1. The van der Waals surface area contributed by atoms with E-state index >= 15 is 0 Å². The van der Waals surface area contributed by atoms with Crippen LogP contribution < -0.4 is 20.1 Å². The number of Topliss-reactive ketones (excluding diaryl/α,β-unsaturated/α-hetero) is 1. The van der Waals surface area contributed by atoms with E-state index < -0.39 is 5.92 Å². The van der Waals surface area contributed by atoms with Crippen LogP contribution in [0.4, 0.5) is 10.1 Å². The minimum atomic E-state index is -0.619. The van der Waals surface area contributed by atoms with Gasteiger partial charge in [-0.3, -0.25) is 9.59 Å². The highest BCUT2D eigenvalue weighted by molar-refractivity contribution is 6.10. The van der Waals surface area contributed by atoms with Crippen molar-refractivity contribution in [2.75, 3.05) is 19.5 Å². The second-order valence-corrected chi connectivity index (χ2v) is 10.0. The molecule has 0 saturated heterocycles. The molecule has 1 aliphatic carbocycles. The van der Waals surface area contributed by atoms with E-state index in [4.69, 9.17) is 9.47 Å². The van der Waals surface area contributed by atoms with Gasteiger partial charge in [-0.2, -0.15) is 0 Å². The lowest BCUT2D eigenvalue weighted by molar-refractivity contribution is -0.116. The van der Waals surface area contributed by atoms with Gasteiger partial charge in [-0.25, -0.2) is 4.39 Å². The van der Waals surface area contributed by atoms with Gasteiger partial charge in [0.15, 0.2) is 17.3 Å². The van der Waals surface area contributed by atoms with Gasteiger partial charge in [0.25, 0.3) is 5.91 Å². The van der Waals surface area contributed by atoms with Crippen LogP contribution >= 0.6 is 0 Å². The van der Waals surface area contributed by atoms with E-state index in [-0.39, 0.29) is 29.8 Å². The second-order valence-electron chi connectivity index (χ2n) is 10.0. The lowest BCUT2D eigenvalue weighted by Gasteiger charge is -2.37. The predicted molar refractivity (Wildman–Crippen MR) is 148 cm³/mol. The molecule has 1 heterocycles. The fourth-order valence-electron chi connectivity index (χ4n) is 5.51. The molecule has 200 valence electrons. The Bertz CT molecular complexity index is 1490. The van der Waals surface area contributed by atoms with Crippen LogP contribution in [0.5, 0.6) is 11.5 Å². The molecule has 1 aliphatic heterocycles. The molecule has 0 unspecified atom stereocenters. The fourth-order valence-corrected chi connectivity index (χ4v) is 5.51. The quantitative estimate of drug-likeness (QED) is 0.403. The highest BCUT2D eigenvalue weighted by Gasteiger charge is 2.41. The average molecular weight is 527 g/mol. The maximum atomic E-state index is 13.9. The zero-order valence-corrected chi connectivity index (χ0v) is 22.4. The normalized spacial score (nSPS) is 18.8. The number of allylic oxidation sites excluding steroid dienone is 3. The number of carbonyl (C=O) groups is 2. The first-order valence-corrected chi connectivity index (χ1v) is 12.9. The van der Waals surface area contributed by atoms with E-state index in [0.717, 1.165) is 16.8 Å². The van der Waals surface area contributed by atoms with Crippen LogP contribution in [-0.4, -0.2) is 25.9 Å². The summed E-state index contributed by atoms with van der Waals surface area (Å²) in [7, 11) is 3.17. The molecule has 5 rings (SSSR count). The molecule has 6 nitrogen and oxygen atoms in total. The van der Waals surface area contributed by atoms with Gasteiger partial charge in [0.1, 0.15) is 5.82 Å². The van der Waals surface area contributed by atoms with Crippen LogP contribution in [0, 0.1) is 12.7 Å². The van der Waals surface area contributed by atoms with E-state index in [2.05, 4.69) is 10.6 Å². The third-order valence-corrected chi connectivity index (χ3v) is 7.46. The molecule has 7 heteroatoms.